The summed E-state index contributed by atoms with van der Waals surface area (Å²) in [6.07, 6.45) is 1.69. The van der Waals surface area contributed by atoms with Crippen molar-refractivity contribution in [2.24, 2.45) is 5.73 Å². The third kappa shape index (κ3) is 4.40. The van der Waals surface area contributed by atoms with E-state index >= 15 is 0 Å². The number of anilines is 1. The van der Waals surface area contributed by atoms with Gasteiger partial charge in [-0.25, -0.2) is 4.68 Å². The summed E-state index contributed by atoms with van der Waals surface area (Å²) in [5.74, 6) is 1.14. The van der Waals surface area contributed by atoms with E-state index in [1.165, 1.54) is 0 Å². The number of nitrogens with zero attached hydrogens (tertiary/aromatic N) is 2. The number of carbonyl (C=O) groups excluding carboxylic acids is 1. The molecule has 96 valence electrons. The topological polar surface area (TPSA) is 72.9 Å². The van der Waals surface area contributed by atoms with Crippen LogP contribution in [0.2, 0.25) is 0 Å². The lowest BCUT2D eigenvalue weighted by Gasteiger charge is -2.12. The number of carbonyl (C=O) groups is 1. The zero-order valence-corrected chi connectivity index (χ0v) is 11.3. The molecular formula is C11H20N4OS. The van der Waals surface area contributed by atoms with Crippen LogP contribution in [0.5, 0.6) is 0 Å². The first kappa shape index (κ1) is 14.1. The number of nitrogens with one attached hydrogen (secondary N) is 1. The molecule has 0 radical (unpaired) electrons. The second-order valence-corrected chi connectivity index (χ2v) is 5.59. The van der Waals surface area contributed by atoms with Gasteiger partial charge in [0, 0.05) is 23.9 Å². The van der Waals surface area contributed by atoms with Crippen molar-refractivity contribution in [3.8, 4) is 0 Å². The van der Waals surface area contributed by atoms with E-state index < -0.39 is 0 Å². The lowest BCUT2D eigenvalue weighted by atomic mass is 10.4. The maximum Gasteiger partial charge on any atom is 0.235 e. The largest absolute Gasteiger partial charge is 0.329 e. The van der Waals surface area contributed by atoms with Gasteiger partial charge in [-0.1, -0.05) is 6.92 Å². The molecule has 1 atom stereocenters. The minimum Gasteiger partial charge on any atom is -0.329 e. The second kappa shape index (κ2) is 6.66. The molecule has 0 spiro atoms. The van der Waals surface area contributed by atoms with Crippen molar-refractivity contribution >= 4 is 23.5 Å². The van der Waals surface area contributed by atoms with Crippen LogP contribution < -0.4 is 11.1 Å². The molecule has 5 nitrogen and oxygen atoms in total. The van der Waals surface area contributed by atoms with Gasteiger partial charge >= 0.3 is 0 Å². The highest BCUT2D eigenvalue weighted by molar-refractivity contribution is 8.00. The summed E-state index contributed by atoms with van der Waals surface area (Å²) in [7, 11) is 0. The molecule has 1 aromatic heterocycles. The minimum absolute atomic E-state index is 0.0160. The van der Waals surface area contributed by atoms with Gasteiger partial charge in [0.1, 0.15) is 5.82 Å². The molecule has 0 bridgehead atoms. The van der Waals surface area contributed by atoms with E-state index in [1.54, 1.807) is 28.7 Å². The summed E-state index contributed by atoms with van der Waals surface area (Å²) >= 11 is 1.55. The van der Waals surface area contributed by atoms with E-state index in [0.29, 0.717) is 17.5 Å². The molecule has 6 heteroatoms. The number of nitrogens with two attached hydrogens (primary N) is 1. The van der Waals surface area contributed by atoms with Gasteiger partial charge in [-0.3, -0.25) is 4.79 Å². The third-order valence-electron chi connectivity index (χ3n) is 2.26. The van der Waals surface area contributed by atoms with Gasteiger partial charge in [0.15, 0.2) is 0 Å². The Morgan fingerprint density at radius 1 is 1.59 bits per heavy atom. The van der Waals surface area contributed by atoms with Crippen molar-refractivity contribution < 1.29 is 4.79 Å². The van der Waals surface area contributed by atoms with E-state index in [4.69, 9.17) is 5.73 Å². The number of hydrogen-bond acceptors (Lipinski definition) is 4. The number of rotatable bonds is 6. The molecule has 1 heterocycles. The summed E-state index contributed by atoms with van der Waals surface area (Å²) in [6.45, 7) is 6.64. The predicted octanol–water partition coefficient (Wildman–Crippen LogP) is 1.48. The van der Waals surface area contributed by atoms with Gasteiger partial charge in [-0.15, -0.1) is 11.8 Å². The number of aromatic nitrogens is 2. The van der Waals surface area contributed by atoms with E-state index in [9.17, 15) is 4.79 Å². The quantitative estimate of drug-likeness (QED) is 0.808. The first-order chi connectivity index (χ1) is 8.04. The number of hydrogen-bond donors (Lipinski definition) is 2. The van der Waals surface area contributed by atoms with Crippen LogP contribution in [0.25, 0.3) is 0 Å². The number of amides is 1. The van der Waals surface area contributed by atoms with Crippen LogP contribution in [-0.4, -0.2) is 33.2 Å². The average Bonchev–Trinajstić information content (AvgIpc) is 2.74. The number of thioether (sulfide) groups is 1. The van der Waals surface area contributed by atoms with Crippen molar-refractivity contribution in [3.05, 3.63) is 12.3 Å². The zero-order chi connectivity index (χ0) is 12.8. The summed E-state index contributed by atoms with van der Waals surface area (Å²) in [6, 6.07) is 2.03. The van der Waals surface area contributed by atoms with Crippen LogP contribution in [0.1, 0.15) is 26.8 Å². The maximum atomic E-state index is 11.7. The molecule has 1 rings (SSSR count). The van der Waals surface area contributed by atoms with Gasteiger partial charge in [0.05, 0.1) is 11.9 Å². The molecule has 1 unspecified atom stereocenters. The van der Waals surface area contributed by atoms with Crippen LogP contribution in [0.15, 0.2) is 12.3 Å². The molecule has 1 aromatic rings. The normalized spacial score (nSPS) is 12.8. The van der Waals surface area contributed by atoms with Crippen molar-refractivity contribution in [1.29, 1.82) is 0 Å². The Hall–Kier alpha value is -1.01. The molecule has 0 aliphatic heterocycles. The predicted molar refractivity (Wildman–Crippen MR) is 72.2 cm³/mol. The Balaban J connectivity index is 2.48. The van der Waals surface area contributed by atoms with Crippen LogP contribution in [0.4, 0.5) is 5.82 Å². The molecule has 0 aliphatic rings. The first-order valence-corrected chi connectivity index (χ1v) is 6.74. The summed E-state index contributed by atoms with van der Waals surface area (Å²) < 4.78 is 1.79. The van der Waals surface area contributed by atoms with Crippen molar-refractivity contribution in [2.75, 3.05) is 17.6 Å². The van der Waals surface area contributed by atoms with E-state index in [1.807, 2.05) is 20.8 Å². The molecule has 0 saturated carbocycles. The fourth-order valence-electron chi connectivity index (χ4n) is 1.29. The molecule has 3 N–H and O–H groups in total. The standard InChI is InChI=1S/C11H20N4OS/c1-8(2)15-10(4-5-13-15)14-11(16)7-17-9(3)6-12/h4-5,8-9H,6-7,12H2,1-3H3,(H,14,16). The van der Waals surface area contributed by atoms with Gasteiger partial charge in [-0.05, 0) is 13.8 Å². The van der Waals surface area contributed by atoms with Gasteiger partial charge in [0.2, 0.25) is 5.91 Å². The van der Waals surface area contributed by atoms with Crippen LogP contribution in [-0.2, 0) is 4.79 Å². The monoisotopic (exact) mass is 256 g/mol. The van der Waals surface area contributed by atoms with Gasteiger partial charge in [-0.2, -0.15) is 5.10 Å². The Morgan fingerprint density at radius 3 is 2.88 bits per heavy atom. The van der Waals surface area contributed by atoms with Crippen molar-refractivity contribution in [2.45, 2.75) is 32.1 Å². The Bertz CT molecular complexity index is 364. The fourth-order valence-corrected chi connectivity index (χ4v) is 1.93. The van der Waals surface area contributed by atoms with E-state index in [0.717, 1.165) is 5.82 Å². The van der Waals surface area contributed by atoms with E-state index in [-0.39, 0.29) is 11.9 Å². The molecule has 17 heavy (non-hydrogen) atoms. The SMILES string of the molecule is CC(CN)SCC(=O)Nc1ccnn1C(C)C. The molecule has 0 saturated heterocycles. The molecule has 0 fully saturated rings. The van der Waals surface area contributed by atoms with E-state index in [2.05, 4.69) is 10.4 Å². The average molecular weight is 256 g/mol. The van der Waals surface area contributed by atoms with Crippen LogP contribution in [0.3, 0.4) is 0 Å². The Labute approximate surface area is 106 Å². The third-order valence-corrected chi connectivity index (χ3v) is 3.45. The molecule has 1 amide bonds. The summed E-state index contributed by atoms with van der Waals surface area (Å²) in [5, 5.41) is 7.31. The van der Waals surface area contributed by atoms with Gasteiger partial charge in [0.25, 0.3) is 0 Å². The van der Waals surface area contributed by atoms with Gasteiger partial charge < -0.3 is 11.1 Å². The summed E-state index contributed by atoms with van der Waals surface area (Å²) in [4.78, 5) is 11.7. The summed E-state index contributed by atoms with van der Waals surface area (Å²) in [5.41, 5.74) is 5.49. The van der Waals surface area contributed by atoms with Crippen LogP contribution >= 0.6 is 11.8 Å². The van der Waals surface area contributed by atoms with Crippen molar-refractivity contribution in [3.63, 3.8) is 0 Å². The van der Waals surface area contributed by atoms with Crippen molar-refractivity contribution in [1.82, 2.24) is 9.78 Å². The zero-order valence-electron chi connectivity index (χ0n) is 10.5. The lowest BCUT2D eigenvalue weighted by molar-refractivity contribution is -0.113. The highest BCUT2D eigenvalue weighted by Gasteiger charge is 2.10. The fraction of sp³-hybridized carbons (Fsp3) is 0.636. The first-order valence-electron chi connectivity index (χ1n) is 5.69. The molecule has 0 aliphatic carbocycles. The second-order valence-electron chi connectivity index (χ2n) is 4.16. The highest BCUT2D eigenvalue weighted by Crippen LogP contribution is 2.14. The van der Waals surface area contributed by atoms with Crippen LogP contribution in [0, 0.1) is 0 Å². The Kier molecular flexibility index (Phi) is 5.50. The molecular weight excluding hydrogens is 236 g/mol. The minimum atomic E-state index is -0.0160. The molecule has 0 aromatic carbocycles. The Morgan fingerprint density at radius 2 is 2.29 bits per heavy atom. The lowest BCUT2D eigenvalue weighted by Crippen LogP contribution is -2.21. The maximum absolute atomic E-state index is 11.7. The highest BCUT2D eigenvalue weighted by atomic mass is 32.2. The smallest absolute Gasteiger partial charge is 0.235 e.